The van der Waals surface area contributed by atoms with Crippen LogP contribution in [-0.2, 0) is 42.7 Å². The number of hydrogen-bond acceptors (Lipinski definition) is 19. The van der Waals surface area contributed by atoms with Crippen molar-refractivity contribution in [1.82, 2.24) is 5.32 Å². The smallest absolute Gasteiger partial charge is 0.217 e. The van der Waals surface area contributed by atoms with Gasteiger partial charge in [0.25, 0.3) is 0 Å². The van der Waals surface area contributed by atoms with Gasteiger partial charge in [-0.15, -0.1) is 0 Å². The predicted molar refractivity (Wildman–Crippen MR) is 157 cm³/mol. The molecule has 0 saturated carbocycles. The van der Waals surface area contributed by atoms with Gasteiger partial charge in [0.05, 0.1) is 25.4 Å². The van der Waals surface area contributed by atoms with Gasteiger partial charge in [-0.05, 0) is 20.3 Å². The third-order valence-electron chi connectivity index (χ3n) is 9.00. The quantitative estimate of drug-likeness (QED) is 0.0895. The van der Waals surface area contributed by atoms with Crippen molar-refractivity contribution in [3.63, 3.8) is 0 Å². The minimum Gasteiger partial charge on any atom is -0.394 e. The maximum Gasteiger partial charge on any atom is 0.217 e. The van der Waals surface area contributed by atoms with Gasteiger partial charge in [-0.1, -0.05) is 6.92 Å². The van der Waals surface area contributed by atoms with Crippen molar-refractivity contribution in [1.29, 1.82) is 0 Å². The fourth-order valence-electron chi connectivity index (χ4n) is 6.16. The molecule has 0 bridgehead atoms. The summed E-state index contributed by atoms with van der Waals surface area (Å²) in [6.07, 6.45) is -28.8. The zero-order valence-electron chi connectivity index (χ0n) is 27.5. The van der Waals surface area contributed by atoms with E-state index in [0.717, 1.165) is 6.92 Å². The molecule has 0 aromatic rings. The molecule has 20 heteroatoms. The molecule has 4 rings (SSSR count). The summed E-state index contributed by atoms with van der Waals surface area (Å²) >= 11 is 0. The highest BCUT2D eigenvalue weighted by Crippen LogP contribution is 2.35. The van der Waals surface area contributed by atoms with Crippen LogP contribution in [0.3, 0.4) is 0 Å². The molecule has 11 N–H and O–H groups in total. The number of aliphatic hydroxyl groups excluding tert-OH is 10. The van der Waals surface area contributed by atoms with Gasteiger partial charge in [0.2, 0.25) is 5.91 Å². The van der Waals surface area contributed by atoms with Gasteiger partial charge in [-0.2, -0.15) is 0 Å². The van der Waals surface area contributed by atoms with E-state index in [1.54, 1.807) is 0 Å². The van der Waals surface area contributed by atoms with Crippen LogP contribution in [0.25, 0.3) is 0 Å². The molecule has 0 radical (unpaired) electrons. The molecule has 4 heterocycles. The molecule has 4 fully saturated rings. The number of aliphatic hydroxyl groups is 10. The van der Waals surface area contributed by atoms with E-state index in [4.69, 9.17) is 37.9 Å². The lowest BCUT2D eigenvalue weighted by Crippen LogP contribution is -2.70. The minimum atomic E-state index is -1.86. The largest absolute Gasteiger partial charge is 0.394 e. The molecule has 8 unspecified atom stereocenters. The second-order valence-electron chi connectivity index (χ2n) is 12.7. The fourth-order valence-corrected chi connectivity index (χ4v) is 6.16. The van der Waals surface area contributed by atoms with E-state index in [1.807, 2.05) is 6.92 Å². The molecule has 0 aromatic heterocycles. The van der Waals surface area contributed by atoms with Crippen LogP contribution < -0.4 is 5.32 Å². The molecule has 4 aliphatic rings. The van der Waals surface area contributed by atoms with Crippen LogP contribution in [-0.4, -0.2) is 200 Å². The highest BCUT2D eigenvalue weighted by molar-refractivity contribution is 5.73. The third-order valence-corrected chi connectivity index (χ3v) is 9.00. The maximum atomic E-state index is 12.5. The Bertz CT molecular complexity index is 1040. The second kappa shape index (κ2) is 17.5. The van der Waals surface area contributed by atoms with Gasteiger partial charge in [-0.3, -0.25) is 4.79 Å². The number of hydrogen-bond donors (Lipinski definition) is 11. The summed E-state index contributed by atoms with van der Waals surface area (Å²) in [5, 5.41) is 107. The van der Waals surface area contributed by atoms with E-state index in [0.29, 0.717) is 6.42 Å². The van der Waals surface area contributed by atoms with Crippen LogP contribution in [0.5, 0.6) is 0 Å². The lowest BCUT2D eigenvalue weighted by molar-refractivity contribution is -0.388. The highest BCUT2D eigenvalue weighted by Gasteiger charge is 2.56. The predicted octanol–water partition coefficient (Wildman–Crippen LogP) is -6.12. The summed E-state index contributed by atoms with van der Waals surface area (Å²) in [6.45, 7) is 4.41. The van der Waals surface area contributed by atoms with Gasteiger partial charge in [0.15, 0.2) is 25.2 Å². The van der Waals surface area contributed by atoms with Crippen molar-refractivity contribution >= 4 is 5.91 Å². The molecule has 4 saturated heterocycles. The van der Waals surface area contributed by atoms with Crippen LogP contribution in [0.2, 0.25) is 0 Å². The van der Waals surface area contributed by atoms with Crippen molar-refractivity contribution in [3.8, 4) is 0 Å². The zero-order chi connectivity index (χ0) is 36.3. The van der Waals surface area contributed by atoms with Crippen LogP contribution in [0, 0.1) is 0 Å². The van der Waals surface area contributed by atoms with Crippen molar-refractivity contribution in [2.75, 3.05) is 19.8 Å². The Morgan fingerprint density at radius 1 is 0.592 bits per heavy atom. The van der Waals surface area contributed by atoms with Crippen LogP contribution >= 0.6 is 0 Å². The Labute approximate surface area is 281 Å². The van der Waals surface area contributed by atoms with E-state index >= 15 is 0 Å². The zero-order valence-corrected chi connectivity index (χ0v) is 27.5. The van der Waals surface area contributed by atoms with E-state index in [2.05, 4.69) is 5.32 Å². The fraction of sp³-hybridized carbons (Fsp3) is 0.966. The average molecular weight is 718 g/mol. The minimum absolute atomic E-state index is 0.119. The first kappa shape index (κ1) is 40.5. The van der Waals surface area contributed by atoms with Gasteiger partial charge >= 0.3 is 0 Å². The standard InChI is InChI=1S/C29H51NO19/c1-5-6-42-29-25(24(16(35)10(3)44-29)48-28-22(41)20(39)17(36)12(7-31)46-28)49-26-14(30-11(4)33)23(18(37)13(8-32)45-26)47-27-21(40)19(38)15(34)9(2)43-27/h9-10,12-29,31-32,34-41H,5-8H2,1-4H3,(H,30,33)/t9?,10?,12-,13?,14+,15-,16-,17+,18+,19-,20?,21?,22?,23?,24-,25?,26-,27-,28+,29+/m0/s1. The highest BCUT2D eigenvalue weighted by atomic mass is 16.8. The Balaban J connectivity index is 1.68. The molecule has 20 nitrogen and oxygen atoms in total. The average Bonchev–Trinajstić information content (AvgIpc) is 3.07. The first-order chi connectivity index (χ1) is 23.1. The molecule has 0 spiro atoms. The Kier molecular flexibility index (Phi) is 14.5. The monoisotopic (exact) mass is 717 g/mol. The van der Waals surface area contributed by atoms with Crippen molar-refractivity contribution in [3.05, 3.63) is 0 Å². The molecule has 4 aliphatic heterocycles. The number of nitrogens with one attached hydrogen (secondary N) is 1. The Morgan fingerprint density at radius 3 is 1.67 bits per heavy atom. The molecule has 1 amide bonds. The first-order valence-electron chi connectivity index (χ1n) is 16.3. The molecule has 0 aromatic carbocycles. The third kappa shape index (κ3) is 8.87. The first-order valence-corrected chi connectivity index (χ1v) is 16.3. The van der Waals surface area contributed by atoms with Crippen molar-refractivity contribution in [2.45, 2.75) is 157 Å². The molecule has 20 atom stereocenters. The number of amides is 1. The summed E-state index contributed by atoms with van der Waals surface area (Å²) in [5.74, 6) is -0.666. The van der Waals surface area contributed by atoms with Crippen LogP contribution in [0.15, 0.2) is 0 Å². The Morgan fingerprint density at radius 2 is 1.08 bits per heavy atom. The normalized spacial score (nSPS) is 49.4. The molecule has 286 valence electrons. The number of carbonyl (C=O) groups excluding carboxylic acids is 1. The molecular weight excluding hydrogens is 666 g/mol. The van der Waals surface area contributed by atoms with E-state index in [-0.39, 0.29) is 6.61 Å². The summed E-state index contributed by atoms with van der Waals surface area (Å²) in [4.78, 5) is 12.5. The summed E-state index contributed by atoms with van der Waals surface area (Å²) < 4.78 is 46.8. The second-order valence-corrected chi connectivity index (χ2v) is 12.7. The van der Waals surface area contributed by atoms with Crippen LogP contribution in [0.1, 0.15) is 34.1 Å². The lowest BCUT2D eigenvalue weighted by atomic mass is 9.94. The SMILES string of the molecule is CCCO[C@@H]1OC(C)[C@H](O)[C@H](O[C@H]2O[C@@H](CO)[C@@H](O)C(O)C2O)C1O[C@@H]1OC(CO)[C@@H](O)C(O[C@@H]2OC(C)[C@H](O)[C@H](O)C2O)[C@H]1NC(C)=O. The number of rotatable bonds is 12. The van der Waals surface area contributed by atoms with Crippen molar-refractivity contribution < 1.29 is 93.8 Å². The molecule has 49 heavy (non-hydrogen) atoms. The van der Waals surface area contributed by atoms with Gasteiger partial charge in [-0.25, -0.2) is 0 Å². The topological polar surface area (TPSA) is 305 Å². The van der Waals surface area contributed by atoms with E-state index in [1.165, 1.54) is 13.8 Å². The van der Waals surface area contributed by atoms with Gasteiger partial charge in [0, 0.05) is 13.5 Å². The Hall–Kier alpha value is -1.25. The number of carbonyl (C=O) groups is 1. The summed E-state index contributed by atoms with van der Waals surface area (Å²) in [5.41, 5.74) is 0. The van der Waals surface area contributed by atoms with Gasteiger partial charge in [0.1, 0.15) is 85.4 Å². The van der Waals surface area contributed by atoms with Crippen molar-refractivity contribution in [2.24, 2.45) is 0 Å². The van der Waals surface area contributed by atoms with E-state index in [9.17, 15) is 55.9 Å². The molecular formula is C29H51NO19. The molecule has 0 aliphatic carbocycles. The van der Waals surface area contributed by atoms with Gasteiger partial charge < -0.3 is 94.3 Å². The summed E-state index contributed by atoms with van der Waals surface area (Å²) in [6, 6.07) is -1.46. The van der Waals surface area contributed by atoms with Crippen LogP contribution in [0.4, 0.5) is 0 Å². The maximum absolute atomic E-state index is 12.5. The number of ether oxygens (including phenoxy) is 8. The summed E-state index contributed by atoms with van der Waals surface area (Å²) in [7, 11) is 0. The lowest BCUT2D eigenvalue weighted by Gasteiger charge is -2.50. The van der Waals surface area contributed by atoms with E-state index < -0.39 is 142 Å².